The number of amides is 1. The molecule has 2 rings (SSSR count). The van der Waals surface area contributed by atoms with Crippen LogP contribution in [0.3, 0.4) is 0 Å². The highest BCUT2D eigenvalue weighted by atomic mass is 16.5. The molecule has 0 saturated carbocycles. The van der Waals surface area contributed by atoms with E-state index in [-0.39, 0.29) is 5.91 Å². The van der Waals surface area contributed by atoms with E-state index in [9.17, 15) is 4.79 Å². The third kappa shape index (κ3) is 5.34. The van der Waals surface area contributed by atoms with E-state index in [1.807, 2.05) is 36.4 Å². The lowest BCUT2D eigenvalue weighted by Gasteiger charge is -2.08. The van der Waals surface area contributed by atoms with Crippen LogP contribution >= 0.6 is 0 Å². The van der Waals surface area contributed by atoms with E-state index < -0.39 is 0 Å². The molecule has 0 atom stereocenters. The van der Waals surface area contributed by atoms with Crippen LogP contribution in [0.25, 0.3) is 11.1 Å². The van der Waals surface area contributed by atoms with Crippen LogP contribution < -0.4 is 16.0 Å². The number of hydrogen-bond acceptors (Lipinski definition) is 5. The van der Waals surface area contributed by atoms with E-state index in [4.69, 9.17) is 20.1 Å². The van der Waals surface area contributed by atoms with E-state index in [2.05, 4.69) is 5.43 Å². The first-order valence-electron chi connectivity index (χ1n) is 7.65. The average Bonchev–Trinajstić information content (AvgIpc) is 2.64. The number of carbonyl (C=O) groups is 1. The van der Waals surface area contributed by atoms with E-state index in [1.165, 1.54) is 0 Å². The number of hydrazine groups is 1. The maximum atomic E-state index is 11.4. The first kappa shape index (κ1) is 17.9. The lowest BCUT2D eigenvalue weighted by Crippen LogP contribution is -2.29. The molecular weight excluding hydrogens is 308 g/mol. The van der Waals surface area contributed by atoms with Crippen molar-refractivity contribution in [3.8, 4) is 16.9 Å². The number of methoxy groups -OCH3 is 1. The summed E-state index contributed by atoms with van der Waals surface area (Å²) in [6.07, 6.45) is 0. The Morgan fingerprint density at radius 2 is 1.50 bits per heavy atom. The number of rotatable bonds is 9. The maximum absolute atomic E-state index is 11.4. The van der Waals surface area contributed by atoms with E-state index >= 15 is 0 Å². The molecule has 0 spiro atoms. The summed E-state index contributed by atoms with van der Waals surface area (Å²) in [5.74, 6) is 5.59. The van der Waals surface area contributed by atoms with Crippen LogP contribution in [0.1, 0.15) is 10.4 Å². The van der Waals surface area contributed by atoms with E-state index in [1.54, 1.807) is 19.2 Å². The second-order valence-electron chi connectivity index (χ2n) is 5.03. The monoisotopic (exact) mass is 330 g/mol. The molecule has 128 valence electrons. The molecule has 0 aliphatic rings. The molecule has 6 heteroatoms. The normalized spacial score (nSPS) is 10.4. The molecule has 0 radical (unpaired) electrons. The van der Waals surface area contributed by atoms with Crippen molar-refractivity contribution in [3.05, 3.63) is 54.1 Å². The predicted molar refractivity (Wildman–Crippen MR) is 91.7 cm³/mol. The number of nitrogens with one attached hydrogen (secondary N) is 1. The fourth-order valence-corrected chi connectivity index (χ4v) is 2.10. The van der Waals surface area contributed by atoms with Crippen molar-refractivity contribution in [1.29, 1.82) is 0 Å². The molecule has 0 unspecified atom stereocenters. The standard InChI is InChI=1S/C18H22N2O4/c1-22-10-11-23-12-13-24-17-8-6-15(7-9-17)14-2-4-16(5-3-14)18(21)20-19/h2-9H,10-13,19H2,1H3,(H,20,21). The van der Waals surface area contributed by atoms with Gasteiger partial charge in [0.25, 0.3) is 5.91 Å². The van der Waals surface area contributed by atoms with Crippen molar-refractivity contribution in [2.24, 2.45) is 5.84 Å². The summed E-state index contributed by atoms with van der Waals surface area (Å²) >= 11 is 0. The summed E-state index contributed by atoms with van der Waals surface area (Å²) in [5.41, 5.74) is 4.69. The zero-order chi connectivity index (χ0) is 17.2. The maximum Gasteiger partial charge on any atom is 0.265 e. The minimum Gasteiger partial charge on any atom is -0.491 e. The summed E-state index contributed by atoms with van der Waals surface area (Å²) < 4.78 is 15.8. The lowest BCUT2D eigenvalue weighted by atomic mass is 10.0. The highest BCUT2D eigenvalue weighted by molar-refractivity contribution is 5.94. The third-order valence-corrected chi connectivity index (χ3v) is 3.39. The van der Waals surface area contributed by atoms with Crippen molar-refractivity contribution in [1.82, 2.24) is 5.43 Å². The SMILES string of the molecule is COCCOCCOc1ccc(-c2ccc(C(=O)NN)cc2)cc1. The Morgan fingerprint density at radius 1 is 0.917 bits per heavy atom. The molecule has 2 aromatic rings. The van der Waals surface area contributed by atoms with Crippen molar-refractivity contribution in [3.63, 3.8) is 0 Å². The number of nitrogen functional groups attached to an aromatic ring is 1. The minimum absolute atomic E-state index is 0.307. The van der Waals surface area contributed by atoms with Crippen LogP contribution in [0.15, 0.2) is 48.5 Å². The Hall–Kier alpha value is -2.41. The molecule has 24 heavy (non-hydrogen) atoms. The molecule has 2 aromatic carbocycles. The zero-order valence-corrected chi connectivity index (χ0v) is 13.7. The lowest BCUT2D eigenvalue weighted by molar-refractivity contribution is 0.0544. The summed E-state index contributed by atoms with van der Waals surface area (Å²) in [5, 5.41) is 0. The fraction of sp³-hybridized carbons (Fsp3) is 0.278. The number of carbonyl (C=O) groups excluding carboxylic acids is 1. The molecule has 0 bridgehead atoms. The van der Waals surface area contributed by atoms with Crippen molar-refractivity contribution >= 4 is 5.91 Å². The van der Waals surface area contributed by atoms with Gasteiger partial charge in [-0.1, -0.05) is 24.3 Å². The van der Waals surface area contributed by atoms with Crippen LogP contribution in [-0.2, 0) is 9.47 Å². The van der Waals surface area contributed by atoms with Gasteiger partial charge in [0, 0.05) is 12.7 Å². The van der Waals surface area contributed by atoms with Gasteiger partial charge in [0.05, 0.1) is 19.8 Å². The fourth-order valence-electron chi connectivity index (χ4n) is 2.10. The Morgan fingerprint density at radius 3 is 2.08 bits per heavy atom. The van der Waals surface area contributed by atoms with Crippen LogP contribution in [-0.4, -0.2) is 39.4 Å². The minimum atomic E-state index is -0.307. The topological polar surface area (TPSA) is 82.8 Å². The van der Waals surface area contributed by atoms with Gasteiger partial charge in [-0.05, 0) is 35.4 Å². The molecule has 0 saturated heterocycles. The van der Waals surface area contributed by atoms with Crippen LogP contribution in [0, 0.1) is 0 Å². The predicted octanol–water partition coefficient (Wildman–Crippen LogP) is 2.00. The quantitative estimate of drug-likeness (QED) is 0.318. The summed E-state index contributed by atoms with van der Waals surface area (Å²) in [6.45, 7) is 2.17. The molecule has 3 N–H and O–H groups in total. The Balaban J connectivity index is 1.86. The van der Waals surface area contributed by atoms with Crippen LogP contribution in [0.5, 0.6) is 5.75 Å². The summed E-state index contributed by atoms with van der Waals surface area (Å²) in [7, 11) is 1.64. The van der Waals surface area contributed by atoms with Crippen LogP contribution in [0.2, 0.25) is 0 Å². The van der Waals surface area contributed by atoms with Gasteiger partial charge < -0.3 is 14.2 Å². The number of benzene rings is 2. The second kappa shape index (κ2) is 9.67. The number of ether oxygens (including phenoxy) is 3. The average molecular weight is 330 g/mol. The van der Waals surface area contributed by atoms with Crippen molar-refractivity contribution in [2.45, 2.75) is 0 Å². The Kier molecular flexibility index (Phi) is 7.22. The van der Waals surface area contributed by atoms with E-state index in [0.717, 1.165) is 16.9 Å². The van der Waals surface area contributed by atoms with Gasteiger partial charge in [-0.25, -0.2) is 5.84 Å². The first-order valence-corrected chi connectivity index (χ1v) is 7.65. The van der Waals surface area contributed by atoms with Crippen molar-refractivity contribution < 1.29 is 19.0 Å². The molecular formula is C18H22N2O4. The number of nitrogens with two attached hydrogens (primary N) is 1. The smallest absolute Gasteiger partial charge is 0.265 e. The van der Waals surface area contributed by atoms with Gasteiger partial charge in [0.2, 0.25) is 0 Å². The van der Waals surface area contributed by atoms with Crippen LogP contribution in [0.4, 0.5) is 0 Å². The molecule has 0 fully saturated rings. The van der Waals surface area contributed by atoms with Gasteiger partial charge in [-0.15, -0.1) is 0 Å². The Labute approximate surface area is 141 Å². The van der Waals surface area contributed by atoms with Gasteiger partial charge in [-0.2, -0.15) is 0 Å². The van der Waals surface area contributed by atoms with Gasteiger partial charge in [0.15, 0.2) is 0 Å². The van der Waals surface area contributed by atoms with Gasteiger partial charge >= 0.3 is 0 Å². The number of hydrogen-bond donors (Lipinski definition) is 2. The molecule has 0 aromatic heterocycles. The van der Waals surface area contributed by atoms with Gasteiger partial charge in [0.1, 0.15) is 12.4 Å². The first-order chi connectivity index (χ1) is 11.7. The van der Waals surface area contributed by atoms with Gasteiger partial charge in [-0.3, -0.25) is 10.2 Å². The molecule has 0 aliphatic heterocycles. The van der Waals surface area contributed by atoms with E-state index in [0.29, 0.717) is 32.0 Å². The summed E-state index contributed by atoms with van der Waals surface area (Å²) in [4.78, 5) is 11.4. The molecule has 6 nitrogen and oxygen atoms in total. The Bertz CT molecular complexity index is 626. The molecule has 0 aliphatic carbocycles. The largest absolute Gasteiger partial charge is 0.491 e. The van der Waals surface area contributed by atoms with Crippen molar-refractivity contribution in [2.75, 3.05) is 33.5 Å². The molecule has 0 heterocycles. The summed E-state index contributed by atoms with van der Waals surface area (Å²) in [6, 6.07) is 15.0. The highest BCUT2D eigenvalue weighted by Gasteiger charge is 2.04. The third-order valence-electron chi connectivity index (χ3n) is 3.39. The highest BCUT2D eigenvalue weighted by Crippen LogP contribution is 2.22. The molecule has 1 amide bonds. The zero-order valence-electron chi connectivity index (χ0n) is 13.7. The second-order valence-corrected chi connectivity index (χ2v) is 5.03.